The number of aromatic nitrogens is 1. The number of thioether (sulfide) groups is 1. The Hall–Kier alpha value is -8.11. The number of benzene rings is 10. The Kier molecular flexibility index (Phi) is 9.66. The van der Waals surface area contributed by atoms with E-state index in [2.05, 4.69) is 271 Å². The van der Waals surface area contributed by atoms with Crippen LogP contribution in [0, 0.1) is 0 Å². The number of hydrogen-bond acceptors (Lipinski definition) is 2. The van der Waals surface area contributed by atoms with Gasteiger partial charge in [-0.1, -0.05) is 177 Å². The fourth-order valence-corrected chi connectivity index (χ4v) is 12.1. The van der Waals surface area contributed by atoms with Crippen molar-refractivity contribution in [1.29, 1.82) is 0 Å². The van der Waals surface area contributed by atoms with Crippen LogP contribution in [-0.2, 0) is 5.41 Å². The number of para-hydroxylation sites is 2. The van der Waals surface area contributed by atoms with E-state index in [1.165, 1.54) is 87.5 Å². The largest absolute Gasteiger partial charge is 0.311 e. The molecule has 0 spiro atoms. The highest BCUT2D eigenvalue weighted by Crippen LogP contribution is 2.53. The molecule has 2 aliphatic rings. The SMILES string of the molecule is CC12C=CC=CC1Sc1ccc(-c3ccc(N(c4ccc(-c5cccc(-c6ccc7ccccc7c6)c5)cc4)c4ccc(-c5cccc(-n6c7ccccc7c7ccccc76)c5)cc4)cc3)cc12. The summed E-state index contributed by atoms with van der Waals surface area (Å²) >= 11 is 1.98. The quantitative estimate of drug-likeness (QED) is 0.150. The van der Waals surface area contributed by atoms with Crippen molar-refractivity contribution in [2.45, 2.75) is 22.5 Å². The molecule has 10 aromatic carbocycles. The molecular weight excluding hydrogens is 841 g/mol. The molecule has 2 nitrogen and oxygen atoms in total. The monoisotopic (exact) mass is 886 g/mol. The van der Waals surface area contributed by atoms with E-state index in [1.807, 2.05) is 11.8 Å². The Balaban J connectivity index is 0.853. The van der Waals surface area contributed by atoms with E-state index in [0.29, 0.717) is 5.25 Å². The first kappa shape index (κ1) is 40.2. The molecule has 1 aliphatic carbocycles. The minimum atomic E-state index is 0.00390. The number of allylic oxidation sites excluding steroid dienone is 3. The smallest absolute Gasteiger partial charge is 0.0541 e. The third-order valence-electron chi connectivity index (χ3n) is 14.3. The van der Waals surface area contributed by atoms with Crippen molar-refractivity contribution in [2.24, 2.45) is 0 Å². The Morgan fingerprint density at radius 3 is 1.56 bits per heavy atom. The fraction of sp³-hybridized carbons (Fsp3) is 0.0462. The van der Waals surface area contributed by atoms with Crippen molar-refractivity contribution in [3.63, 3.8) is 0 Å². The van der Waals surface area contributed by atoms with E-state index in [9.17, 15) is 0 Å². The molecule has 0 fully saturated rings. The van der Waals surface area contributed by atoms with Crippen LogP contribution < -0.4 is 4.90 Å². The van der Waals surface area contributed by atoms with Crippen LogP contribution in [0.15, 0.2) is 260 Å². The number of hydrogen-bond donors (Lipinski definition) is 0. The Morgan fingerprint density at radius 2 is 0.912 bits per heavy atom. The molecule has 1 aromatic heterocycles. The van der Waals surface area contributed by atoms with Crippen LogP contribution in [0.25, 0.3) is 82.8 Å². The maximum atomic E-state index is 2.42. The molecule has 3 heteroatoms. The Morgan fingerprint density at radius 1 is 0.412 bits per heavy atom. The molecule has 11 aromatic rings. The molecular formula is C65H46N2S. The highest BCUT2D eigenvalue weighted by molar-refractivity contribution is 8.00. The molecule has 322 valence electrons. The van der Waals surface area contributed by atoms with E-state index in [0.717, 1.165) is 22.7 Å². The first-order valence-electron chi connectivity index (χ1n) is 23.5. The average molecular weight is 887 g/mol. The van der Waals surface area contributed by atoms with Crippen molar-refractivity contribution >= 4 is 61.4 Å². The van der Waals surface area contributed by atoms with Gasteiger partial charge in [-0.3, -0.25) is 0 Å². The predicted octanol–water partition coefficient (Wildman–Crippen LogP) is 17.9. The second kappa shape index (κ2) is 16.3. The van der Waals surface area contributed by atoms with E-state index in [-0.39, 0.29) is 5.41 Å². The van der Waals surface area contributed by atoms with E-state index >= 15 is 0 Å². The van der Waals surface area contributed by atoms with Crippen molar-refractivity contribution in [2.75, 3.05) is 4.90 Å². The number of fused-ring (bicyclic) bond motifs is 7. The van der Waals surface area contributed by atoms with Crippen molar-refractivity contribution < 1.29 is 0 Å². The van der Waals surface area contributed by atoms with Gasteiger partial charge in [0.05, 0.1) is 11.0 Å². The summed E-state index contributed by atoms with van der Waals surface area (Å²) in [5.41, 5.74) is 17.9. The zero-order chi connectivity index (χ0) is 45.2. The maximum absolute atomic E-state index is 2.42. The minimum Gasteiger partial charge on any atom is -0.311 e. The standard InChI is InChI=1S/C65H46N2S/c1-65-39-9-8-22-64(65)68-63-38-31-53(43-60(63)65)47-29-36-56(37-30-47)66(54-32-25-45(26-33-54)49-14-10-15-50(40-49)52-24-23-44-12-2-3-13-48(44)41-52)55-34-27-46(28-35-55)51-16-11-17-57(42-51)67-61-20-6-4-18-58(61)59-19-5-7-21-62(59)67/h2-43,64H,1H3. The molecule has 2 heterocycles. The predicted molar refractivity (Wildman–Crippen MR) is 290 cm³/mol. The van der Waals surface area contributed by atoms with Gasteiger partial charge >= 0.3 is 0 Å². The molecule has 0 amide bonds. The third-order valence-corrected chi connectivity index (χ3v) is 15.8. The number of rotatable bonds is 8. The van der Waals surface area contributed by atoms with Crippen LogP contribution in [0.3, 0.4) is 0 Å². The van der Waals surface area contributed by atoms with Crippen LogP contribution in [0.1, 0.15) is 12.5 Å². The van der Waals surface area contributed by atoms with Crippen LogP contribution in [0.5, 0.6) is 0 Å². The van der Waals surface area contributed by atoms with Gasteiger partial charge in [-0.05, 0) is 146 Å². The van der Waals surface area contributed by atoms with Crippen molar-refractivity contribution in [3.8, 4) is 50.2 Å². The highest BCUT2D eigenvalue weighted by Gasteiger charge is 2.41. The molecule has 0 radical (unpaired) electrons. The highest BCUT2D eigenvalue weighted by atomic mass is 32.2. The minimum absolute atomic E-state index is 0.00390. The maximum Gasteiger partial charge on any atom is 0.0541 e. The number of nitrogens with zero attached hydrogens (tertiary/aromatic N) is 2. The number of anilines is 3. The van der Waals surface area contributed by atoms with Gasteiger partial charge < -0.3 is 9.47 Å². The topological polar surface area (TPSA) is 8.17 Å². The second-order valence-corrected chi connectivity index (χ2v) is 19.5. The lowest BCUT2D eigenvalue weighted by Gasteiger charge is -2.28. The average Bonchev–Trinajstić information content (AvgIpc) is 3.90. The lowest BCUT2D eigenvalue weighted by Crippen LogP contribution is -2.28. The van der Waals surface area contributed by atoms with E-state index in [1.54, 1.807) is 0 Å². The van der Waals surface area contributed by atoms with Crippen molar-refractivity contribution in [3.05, 3.63) is 260 Å². The third kappa shape index (κ3) is 6.89. The Bertz CT molecular complexity index is 3730. The zero-order valence-electron chi connectivity index (χ0n) is 37.6. The molecule has 13 rings (SSSR count). The normalized spacial score (nSPS) is 16.0. The summed E-state index contributed by atoms with van der Waals surface area (Å²) in [6, 6.07) is 84.8. The summed E-state index contributed by atoms with van der Waals surface area (Å²) < 4.78 is 2.39. The molecule has 0 saturated heterocycles. The van der Waals surface area contributed by atoms with E-state index < -0.39 is 0 Å². The van der Waals surface area contributed by atoms with Crippen LogP contribution in [0.4, 0.5) is 17.1 Å². The lowest BCUT2D eigenvalue weighted by molar-refractivity contribution is 0.620. The molecule has 68 heavy (non-hydrogen) atoms. The van der Waals surface area contributed by atoms with Gasteiger partial charge in [0.15, 0.2) is 0 Å². The van der Waals surface area contributed by atoms with Gasteiger partial charge in [-0.15, -0.1) is 11.8 Å². The van der Waals surface area contributed by atoms with Gasteiger partial charge in [0.1, 0.15) is 0 Å². The summed E-state index contributed by atoms with van der Waals surface area (Å²) in [6.45, 7) is 2.38. The molecule has 0 N–H and O–H groups in total. The first-order valence-corrected chi connectivity index (χ1v) is 24.4. The molecule has 1 aliphatic heterocycles. The van der Waals surface area contributed by atoms with Crippen LogP contribution >= 0.6 is 11.8 Å². The van der Waals surface area contributed by atoms with Gasteiger partial charge in [0, 0.05) is 49.1 Å². The van der Waals surface area contributed by atoms with E-state index in [4.69, 9.17) is 0 Å². The first-order chi connectivity index (χ1) is 33.5. The van der Waals surface area contributed by atoms with Gasteiger partial charge in [-0.25, -0.2) is 0 Å². The van der Waals surface area contributed by atoms with Crippen LogP contribution in [-0.4, -0.2) is 9.82 Å². The fourth-order valence-electron chi connectivity index (χ4n) is 10.6. The summed E-state index contributed by atoms with van der Waals surface area (Å²) in [5, 5.41) is 5.47. The summed E-state index contributed by atoms with van der Waals surface area (Å²) in [6.07, 6.45) is 9.12. The van der Waals surface area contributed by atoms with Gasteiger partial charge in [0.2, 0.25) is 0 Å². The summed E-state index contributed by atoms with van der Waals surface area (Å²) in [5.74, 6) is 0. The molecule has 2 atom stereocenters. The molecule has 0 bridgehead atoms. The van der Waals surface area contributed by atoms with Gasteiger partial charge in [0.25, 0.3) is 0 Å². The Labute approximate surface area is 401 Å². The van der Waals surface area contributed by atoms with Gasteiger partial charge in [-0.2, -0.15) is 0 Å². The zero-order valence-corrected chi connectivity index (χ0v) is 38.4. The second-order valence-electron chi connectivity index (χ2n) is 18.3. The van der Waals surface area contributed by atoms with Crippen molar-refractivity contribution in [1.82, 2.24) is 4.57 Å². The lowest BCUT2D eigenvalue weighted by atomic mass is 9.76. The molecule has 0 saturated carbocycles. The summed E-state index contributed by atoms with van der Waals surface area (Å²) in [4.78, 5) is 3.76. The summed E-state index contributed by atoms with van der Waals surface area (Å²) in [7, 11) is 0. The van der Waals surface area contributed by atoms with Crippen LogP contribution in [0.2, 0.25) is 0 Å². The molecule has 2 unspecified atom stereocenters.